The molecule has 0 bridgehead atoms. The number of halogens is 2. The van der Waals surface area contributed by atoms with Gasteiger partial charge in [0.1, 0.15) is 28.8 Å². The van der Waals surface area contributed by atoms with Crippen molar-refractivity contribution in [1.29, 1.82) is 0 Å². The molecule has 3 heterocycles. The minimum Gasteiger partial charge on any atom is -0.355 e. The summed E-state index contributed by atoms with van der Waals surface area (Å²) in [5.41, 5.74) is 2.41. The highest BCUT2D eigenvalue weighted by molar-refractivity contribution is 5.95. The van der Waals surface area contributed by atoms with Crippen LogP contribution in [0.4, 0.5) is 14.6 Å². The molecule has 1 aliphatic heterocycles. The Hall–Kier alpha value is -3.35. The van der Waals surface area contributed by atoms with Gasteiger partial charge in [-0.1, -0.05) is 12.1 Å². The van der Waals surface area contributed by atoms with Gasteiger partial charge < -0.3 is 4.90 Å². The second kappa shape index (κ2) is 6.67. The Morgan fingerprint density at radius 1 is 0.964 bits per heavy atom. The molecule has 0 spiro atoms. The Labute approximate surface area is 160 Å². The number of aromatic nitrogens is 4. The molecule has 5 rings (SSSR count). The Morgan fingerprint density at radius 2 is 1.75 bits per heavy atom. The minimum atomic E-state index is -0.597. The normalized spacial score (nSPS) is 14.1. The third-order valence-electron chi connectivity index (χ3n) is 5.11. The zero-order valence-corrected chi connectivity index (χ0v) is 15.0. The average molecular weight is 377 g/mol. The van der Waals surface area contributed by atoms with Crippen LogP contribution in [-0.4, -0.2) is 33.3 Å². The molecule has 0 radical (unpaired) electrons. The standard InChI is InChI=1S/C21H17F2N5/c22-15-4-3-5-16(23)20(15)13-6-7-17-14(10-13)21(27-26-17)18-11-24-12-19(25-18)28-8-1-2-9-28/h3-7,10-12H,1-2,8-9H2,(H,26,27). The largest absolute Gasteiger partial charge is 0.355 e. The first-order valence-electron chi connectivity index (χ1n) is 9.20. The second-order valence-corrected chi connectivity index (χ2v) is 6.89. The van der Waals surface area contributed by atoms with Gasteiger partial charge in [-0.3, -0.25) is 10.1 Å². The van der Waals surface area contributed by atoms with E-state index in [9.17, 15) is 8.78 Å². The van der Waals surface area contributed by atoms with Gasteiger partial charge in [-0.25, -0.2) is 13.8 Å². The summed E-state index contributed by atoms with van der Waals surface area (Å²) in [5.74, 6) is -0.372. The number of aromatic amines is 1. The van der Waals surface area contributed by atoms with Crippen molar-refractivity contribution in [2.24, 2.45) is 0 Å². The van der Waals surface area contributed by atoms with Crippen molar-refractivity contribution in [3.8, 4) is 22.5 Å². The Morgan fingerprint density at radius 3 is 2.54 bits per heavy atom. The van der Waals surface area contributed by atoms with Crippen LogP contribution in [0.25, 0.3) is 33.4 Å². The van der Waals surface area contributed by atoms with Crippen molar-refractivity contribution in [3.63, 3.8) is 0 Å². The maximum absolute atomic E-state index is 14.2. The Kier molecular flexibility index (Phi) is 4.00. The third-order valence-corrected chi connectivity index (χ3v) is 5.11. The molecular weight excluding hydrogens is 360 g/mol. The molecule has 0 unspecified atom stereocenters. The maximum atomic E-state index is 14.2. The summed E-state index contributed by atoms with van der Waals surface area (Å²) in [5, 5.41) is 8.09. The van der Waals surface area contributed by atoms with Gasteiger partial charge in [0, 0.05) is 18.5 Å². The fourth-order valence-corrected chi connectivity index (χ4v) is 3.71. The lowest BCUT2D eigenvalue weighted by molar-refractivity contribution is 0.589. The molecule has 4 aromatic rings. The smallest absolute Gasteiger partial charge is 0.147 e. The number of hydrogen-bond donors (Lipinski definition) is 1. The Bertz CT molecular complexity index is 1140. The second-order valence-electron chi connectivity index (χ2n) is 6.89. The van der Waals surface area contributed by atoms with Crippen LogP contribution in [0.15, 0.2) is 48.8 Å². The fourth-order valence-electron chi connectivity index (χ4n) is 3.71. The SMILES string of the molecule is Fc1cccc(F)c1-c1ccc2[nH]nc(-c3cncc(N4CCCC4)n3)c2c1. The van der Waals surface area contributed by atoms with Crippen molar-refractivity contribution in [1.82, 2.24) is 20.2 Å². The van der Waals surface area contributed by atoms with E-state index in [-0.39, 0.29) is 5.56 Å². The van der Waals surface area contributed by atoms with Crippen molar-refractivity contribution in [2.75, 3.05) is 18.0 Å². The molecule has 1 fully saturated rings. The van der Waals surface area contributed by atoms with Crippen molar-refractivity contribution >= 4 is 16.7 Å². The molecule has 7 heteroatoms. The van der Waals surface area contributed by atoms with Gasteiger partial charge in [0.25, 0.3) is 0 Å². The first kappa shape index (κ1) is 16.8. The van der Waals surface area contributed by atoms with E-state index < -0.39 is 11.6 Å². The van der Waals surface area contributed by atoms with E-state index in [2.05, 4.69) is 20.1 Å². The lowest BCUT2D eigenvalue weighted by atomic mass is 10.0. The molecule has 5 nitrogen and oxygen atoms in total. The van der Waals surface area contributed by atoms with Gasteiger partial charge >= 0.3 is 0 Å². The van der Waals surface area contributed by atoms with Gasteiger partial charge in [0.2, 0.25) is 0 Å². The molecule has 28 heavy (non-hydrogen) atoms. The predicted octanol–water partition coefficient (Wildman–Crippen LogP) is 4.57. The summed E-state index contributed by atoms with van der Waals surface area (Å²) in [6.45, 7) is 1.94. The third kappa shape index (κ3) is 2.79. The van der Waals surface area contributed by atoms with E-state index in [1.165, 1.54) is 18.2 Å². The number of rotatable bonds is 3. The van der Waals surface area contributed by atoms with Gasteiger partial charge in [-0.15, -0.1) is 0 Å². The van der Waals surface area contributed by atoms with Crippen LogP contribution in [0.3, 0.4) is 0 Å². The zero-order valence-electron chi connectivity index (χ0n) is 15.0. The highest BCUT2D eigenvalue weighted by atomic mass is 19.1. The minimum absolute atomic E-state index is 0.0477. The molecule has 140 valence electrons. The number of nitrogens with zero attached hydrogens (tertiary/aromatic N) is 4. The van der Waals surface area contributed by atoms with E-state index in [0.717, 1.165) is 42.7 Å². The van der Waals surface area contributed by atoms with Crippen molar-refractivity contribution < 1.29 is 8.78 Å². The predicted molar refractivity (Wildman–Crippen MR) is 104 cm³/mol. The number of fused-ring (bicyclic) bond motifs is 1. The summed E-state index contributed by atoms with van der Waals surface area (Å²) in [6, 6.07) is 9.05. The van der Waals surface area contributed by atoms with E-state index >= 15 is 0 Å². The quantitative estimate of drug-likeness (QED) is 0.568. The molecule has 2 aromatic carbocycles. The topological polar surface area (TPSA) is 57.7 Å². The van der Waals surface area contributed by atoms with Crippen LogP contribution >= 0.6 is 0 Å². The lowest BCUT2D eigenvalue weighted by Crippen LogP contribution is -2.19. The number of nitrogens with one attached hydrogen (secondary N) is 1. The molecule has 0 amide bonds. The Balaban J connectivity index is 1.62. The molecular formula is C21H17F2N5. The van der Waals surface area contributed by atoms with Crippen LogP contribution < -0.4 is 4.90 Å². The monoisotopic (exact) mass is 377 g/mol. The number of benzene rings is 2. The highest BCUT2D eigenvalue weighted by Crippen LogP contribution is 2.32. The van der Waals surface area contributed by atoms with Crippen LogP contribution in [0.2, 0.25) is 0 Å². The van der Waals surface area contributed by atoms with Crippen LogP contribution in [-0.2, 0) is 0 Å². The van der Waals surface area contributed by atoms with Gasteiger partial charge in [-0.05, 0) is 42.7 Å². The van der Waals surface area contributed by atoms with Gasteiger partial charge in [0.15, 0.2) is 0 Å². The van der Waals surface area contributed by atoms with Crippen molar-refractivity contribution in [2.45, 2.75) is 12.8 Å². The summed E-state index contributed by atoms with van der Waals surface area (Å²) < 4.78 is 28.4. The van der Waals surface area contributed by atoms with Crippen molar-refractivity contribution in [3.05, 3.63) is 60.4 Å². The molecule has 2 aromatic heterocycles. The lowest BCUT2D eigenvalue weighted by Gasteiger charge is -2.15. The van der Waals surface area contributed by atoms with E-state index in [1.807, 2.05) is 0 Å². The summed E-state index contributed by atoms with van der Waals surface area (Å²) in [7, 11) is 0. The zero-order chi connectivity index (χ0) is 19.1. The first-order valence-corrected chi connectivity index (χ1v) is 9.20. The summed E-state index contributed by atoms with van der Waals surface area (Å²) >= 11 is 0. The highest BCUT2D eigenvalue weighted by Gasteiger charge is 2.18. The average Bonchev–Trinajstić information content (AvgIpc) is 3.38. The number of anilines is 1. The summed E-state index contributed by atoms with van der Waals surface area (Å²) in [4.78, 5) is 11.2. The molecule has 0 saturated carbocycles. The van der Waals surface area contributed by atoms with E-state index in [4.69, 9.17) is 4.98 Å². The van der Waals surface area contributed by atoms with Crippen LogP contribution in [0.5, 0.6) is 0 Å². The molecule has 1 saturated heterocycles. The van der Waals surface area contributed by atoms with Crippen LogP contribution in [0.1, 0.15) is 12.8 Å². The first-order chi connectivity index (χ1) is 13.7. The fraction of sp³-hybridized carbons (Fsp3) is 0.190. The number of H-pyrrole nitrogens is 1. The number of hydrogen-bond acceptors (Lipinski definition) is 4. The van der Waals surface area contributed by atoms with Crippen LogP contribution in [0, 0.1) is 11.6 Å². The van der Waals surface area contributed by atoms with E-state index in [0.29, 0.717) is 17.0 Å². The molecule has 0 aliphatic carbocycles. The van der Waals surface area contributed by atoms with E-state index in [1.54, 1.807) is 30.6 Å². The molecule has 1 aliphatic rings. The summed E-state index contributed by atoms with van der Waals surface area (Å²) in [6.07, 6.45) is 5.71. The van der Waals surface area contributed by atoms with Gasteiger partial charge in [0.05, 0.1) is 23.5 Å². The van der Waals surface area contributed by atoms with Gasteiger partial charge in [-0.2, -0.15) is 5.10 Å². The molecule has 1 N–H and O–H groups in total. The maximum Gasteiger partial charge on any atom is 0.147 e. The molecule has 0 atom stereocenters.